The number of methoxy groups -OCH3 is 1. The Morgan fingerprint density at radius 1 is 0.307 bits per heavy atom. The van der Waals surface area contributed by atoms with Crippen LogP contribution in [0.25, 0.3) is 0 Å². The van der Waals surface area contributed by atoms with Crippen LogP contribution in [0.4, 0.5) is 85.5 Å². The number of para-hydroxylation sites is 10. The number of ether oxygens (including phenoxy) is 11. The topological polar surface area (TPSA) is 318 Å². The van der Waals surface area contributed by atoms with Gasteiger partial charge in [-0.3, -0.25) is 51.1 Å². The lowest BCUT2D eigenvalue weighted by Gasteiger charge is -2.36. The van der Waals surface area contributed by atoms with Crippen LogP contribution < -0.4 is 79.5 Å². The average Bonchev–Trinajstić information content (AvgIpc) is 0.841. The minimum absolute atomic E-state index is 0.210. The zero-order valence-electron chi connectivity index (χ0n) is 81.7. The fourth-order valence-corrected chi connectivity index (χ4v) is 15.9. The first kappa shape index (κ1) is 106. The van der Waals surface area contributed by atoms with Gasteiger partial charge in [0.1, 0.15) is 72.6 Å². The van der Waals surface area contributed by atoms with Gasteiger partial charge in [0.15, 0.2) is 5.82 Å². The molecular weight excluding hydrogens is 1790 g/mol. The van der Waals surface area contributed by atoms with E-state index in [1.807, 2.05) is 186 Å². The summed E-state index contributed by atoms with van der Waals surface area (Å²) in [4.78, 5) is 87.6. The van der Waals surface area contributed by atoms with Crippen LogP contribution >= 0.6 is 0 Å². The predicted molar refractivity (Wildman–Crippen MR) is 548 cm³/mol. The zero-order chi connectivity index (χ0) is 98.5. The number of benzene rings is 8. The minimum atomic E-state index is -0.474. The van der Waals surface area contributed by atoms with Crippen LogP contribution in [-0.4, -0.2) is 307 Å². The highest BCUT2D eigenvalue weighted by Crippen LogP contribution is 2.31. The minimum Gasteiger partial charge on any atom is -0.497 e. The molecule has 140 heavy (non-hydrogen) atoms. The molecule has 7 heterocycles. The fraction of sp³-hybridized carbons (Fsp3) is 0.410. The Hall–Kier alpha value is -14.1. The van der Waals surface area contributed by atoms with Crippen LogP contribution in [-0.2, 0) is 23.7 Å². The van der Waals surface area contributed by atoms with E-state index in [0.717, 1.165) is 180 Å². The molecule has 34 nitrogen and oxygen atoms in total. The summed E-state index contributed by atoms with van der Waals surface area (Å²) in [5, 5.41) is 21.8. The van der Waals surface area contributed by atoms with Crippen molar-refractivity contribution in [2.45, 2.75) is 48.0 Å². The number of carbonyl (C=O) groups excluding carboxylic acids is 5. The number of anilines is 10. The third-order valence-electron chi connectivity index (χ3n) is 23.2. The number of hydrogen-bond donors (Lipinski definition) is 5. The molecule has 0 unspecified atom stereocenters. The van der Waals surface area contributed by atoms with Crippen LogP contribution in [0.1, 0.15) is 46.6 Å². The number of nitrogens with zero attached hydrogens (tertiary/aromatic N) is 13. The Morgan fingerprint density at radius 3 is 0.957 bits per heavy atom. The molecule has 35 heteroatoms. The molecule has 0 saturated carbocycles. The lowest BCUT2D eigenvalue weighted by atomic mass is 10.2. The summed E-state index contributed by atoms with van der Waals surface area (Å²) < 4.78 is 72.5. The highest BCUT2D eigenvalue weighted by atomic mass is 19.1. The molecule has 0 atom stereocenters. The lowest BCUT2D eigenvalue weighted by molar-refractivity contribution is 0.136. The summed E-state index contributed by atoms with van der Waals surface area (Å²) in [6, 6.07) is 69.8. The first-order chi connectivity index (χ1) is 68.5. The van der Waals surface area contributed by atoms with Crippen molar-refractivity contribution < 1.29 is 80.5 Å². The maximum atomic E-state index is 13.0. The molecule has 0 aliphatic carbocycles. The number of carbonyl (C=O) groups is 5. The maximum absolute atomic E-state index is 13.0. The van der Waals surface area contributed by atoms with Crippen molar-refractivity contribution in [3.05, 3.63) is 248 Å². The number of rotatable bonds is 37. The van der Waals surface area contributed by atoms with E-state index in [0.29, 0.717) is 136 Å². The van der Waals surface area contributed by atoms with Gasteiger partial charge in [-0.25, -0.2) is 33.3 Å². The monoisotopic (exact) mass is 1930 g/mol. The van der Waals surface area contributed by atoms with Crippen molar-refractivity contribution in [3.63, 3.8) is 0 Å². The summed E-state index contributed by atoms with van der Waals surface area (Å²) >= 11 is 0. The molecule has 0 bridgehead atoms. The third-order valence-corrected chi connectivity index (χ3v) is 23.2. The van der Waals surface area contributed by atoms with Crippen LogP contribution in [0.3, 0.4) is 0 Å². The number of aromatic nitrogens is 3. The molecule has 8 aromatic carbocycles. The maximum Gasteiger partial charge on any atom is 0.411 e. The van der Waals surface area contributed by atoms with Crippen molar-refractivity contribution in [2.75, 3.05) is 288 Å². The summed E-state index contributed by atoms with van der Waals surface area (Å²) in [5.41, 5.74) is 7.87. The highest BCUT2D eigenvalue weighted by molar-refractivity contribution is 5.89. The standard InChI is InChI=1S/C22H28FN3O3.C22H29N3O4.C22H29N3O3.C20H26N4O3.C19H25N5O3/c1-2-28-21-7-4-3-6-20(21)24-22(27)29-17-5-12-25-13-15-26(16-14-25)19-10-8-18(23)9-11-19;1-3-28-21-10-5-4-9-20(21)23-22(26)29-16-15-24-11-13-25(14-12-24)18-7-6-8-19(17-18)27-2;1-3-27-21-10-5-4-9-20(21)23-22(26)28-16-15-24-11-13-25(14-12-24)19-8-6-7-18(2)17-19;1-2-26-18-8-4-3-7-17(18)22-20(25)27-16-15-23-11-13-24(14-12-23)19-9-5-6-10-21-19;1-2-26-17-7-4-3-6-16(17)21-19(25)27-15-14-23-10-12-24(13-11-23)18-8-5-9-20-22-18/h3-4,6-11H,2,5,12-17H2,1H3,(H,24,27);4-10,17H,3,11-16H2,1-2H3,(H,23,26);4-10,17H,3,11-16H2,1-2H3,(H,23,26);3-10H,2,11-16H2,1H3,(H,22,25);3-9H,2,10-15H2,1H3,(H,21,25). The van der Waals surface area contributed by atoms with Gasteiger partial charge >= 0.3 is 30.5 Å². The molecule has 0 radical (unpaired) electrons. The van der Waals surface area contributed by atoms with Gasteiger partial charge < -0.3 is 76.6 Å². The van der Waals surface area contributed by atoms with Gasteiger partial charge in [0.2, 0.25) is 0 Å². The normalized spacial score (nSPS) is 14.5. The van der Waals surface area contributed by atoms with Crippen LogP contribution in [0.2, 0.25) is 0 Å². The molecule has 0 spiro atoms. The number of pyridine rings is 1. The molecular formula is C105H137FN18O16. The van der Waals surface area contributed by atoms with E-state index in [1.165, 1.54) is 29.1 Å². The first-order valence-electron chi connectivity index (χ1n) is 48.3. The molecule has 5 saturated heterocycles. The van der Waals surface area contributed by atoms with Gasteiger partial charge in [0, 0.05) is 199 Å². The lowest BCUT2D eigenvalue weighted by Crippen LogP contribution is -2.47. The number of halogens is 1. The fourth-order valence-electron chi connectivity index (χ4n) is 15.9. The first-order valence-corrected chi connectivity index (χ1v) is 48.3. The Balaban J connectivity index is 0.000000167. The average molecular weight is 1930 g/mol. The van der Waals surface area contributed by atoms with Crippen LogP contribution in [0.15, 0.2) is 237 Å². The van der Waals surface area contributed by atoms with Crippen molar-refractivity contribution >= 4 is 87.6 Å². The molecule has 5 fully saturated rings. The predicted octanol–water partition coefficient (Wildman–Crippen LogP) is 16.3. The molecule has 2 aromatic heterocycles. The molecule has 10 aromatic rings. The van der Waals surface area contributed by atoms with E-state index < -0.39 is 30.5 Å². The van der Waals surface area contributed by atoms with Gasteiger partial charge in [-0.2, -0.15) is 5.10 Å². The summed E-state index contributed by atoms with van der Waals surface area (Å²) in [6.07, 6.45) is 1.94. The summed E-state index contributed by atoms with van der Waals surface area (Å²) in [7, 11) is 1.68. The van der Waals surface area contributed by atoms with Crippen LogP contribution in [0.5, 0.6) is 34.5 Å². The largest absolute Gasteiger partial charge is 0.497 e. The number of hydrogen-bond acceptors (Lipinski definition) is 29. The Morgan fingerprint density at radius 2 is 0.621 bits per heavy atom. The van der Waals surface area contributed by atoms with Crippen LogP contribution in [0, 0.1) is 12.7 Å². The Bertz CT molecular complexity index is 5160. The van der Waals surface area contributed by atoms with Gasteiger partial charge in [0.25, 0.3) is 0 Å². The van der Waals surface area contributed by atoms with E-state index in [1.54, 1.807) is 43.6 Å². The molecule has 5 aliphatic rings. The highest BCUT2D eigenvalue weighted by Gasteiger charge is 2.26. The van der Waals surface area contributed by atoms with Gasteiger partial charge in [-0.15, -0.1) is 5.10 Å². The number of aryl methyl sites for hydroxylation is 1. The van der Waals surface area contributed by atoms with E-state index in [4.69, 9.17) is 52.1 Å². The second kappa shape index (κ2) is 59.9. The van der Waals surface area contributed by atoms with E-state index in [2.05, 4.69) is 134 Å². The van der Waals surface area contributed by atoms with Crippen molar-refractivity contribution in [3.8, 4) is 34.5 Å². The second-order valence-electron chi connectivity index (χ2n) is 32.7. The summed E-state index contributed by atoms with van der Waals surface area (Å²) in [5.74, 6) is 5.77. The van der Waals surface area contributed by atoms with Gasteiger partial charge in [-0.05, 0) is 187 Å². The van der Waals surface area contributed by atoms with E-state index in [-0.39, 0.29) is 5.82 Å². The molecule has 750 valence electrons. The van der Waals surface area contributed by atoms with E-state index in [9.17, 15) is 28.4 Å². The smallest absolute Gasteiger partial charge is 0.411 e. The van der Waals surface area contributed by atoms with E-state index >= 15 is 0 Å². The number of nitrogens with one attached hydrogen (secondary N) is 5. The number of amides is 5. The van der Waals surface area contributed by atoms with Crippen molar-refractivity contribution in [2.24, 2.45) is 0 Å². The molecule has 15 rings (SSSR count). The summed E-state index contributed by atoms with van der Waals surface area (Å²) in [6.45, 7) is 38.4. The van der Waals surface area contributed by atoms with Gasteiger partial charge in [0.05, 0.1) is 75.2 Å². The second-order valence-corrected chi connectivity index (χ2v) is 32.7. The Labute approximate surface area is 822 Å². The molecule has 5 aliphatic heterocycles. The van der Waals surface area contributed by atoms with Crippen molar-refractivity contribution in [1.29, 1.82) is 0 Å². The Kier molecular flexibility index (Phi) is 45.5. The van der Waals surface area contributed by atoms with Gasteiger partial charge in [-0.1, -0.05) is 84.9 Å². The zero-order valence-corrected chi connectivity index (χ0v) is 81.7. The molecule has 5 amide bonds. The number of piperazine rings is 5. The van der Waals surface area contributed by atoms with Crippen molar-refractivity contribution in [1.82, 2.24) is 39.7 Å². The quantitative estimate of drug-likeness (QED) is 0.0178. The molecule has 5 N–H and O–H groups in total. The third kappa shape index (κ3) is 37.0. The SMILES string of the molecule is CCOc1ccccc1NC(=O)OCCCN1CCN(c2ccc(F)cc2)CC1.CCOc1ccccc1NC(=O)OCCN1CCN(c2cccc(C)c2)CC1.CCOc1ccccc1NC(=O)OCCN1CCN(c2cccc(OC)c2)CC1.CCOc1ccccc1NC(=O)OCCN1CCN(c2ccccn2)CC1.CCOc1ccccc1NC(=O)OCCN1CCN(c2cccnn2)CC1.